The molecule has 0 radical (unpaired) electrons. The number of non-ortho nitro benzene ring substituents is 1. The Morgan fingerprint density at radius 1 is 1.20 bits per heavy atom. The Labute approximate surface area is 154 Å². The molecule has 0 saturated carbocycles. The van der Waals surface area contributed by atoms with Gasteiger partial charge in [0.25, 0.3) is 11.6 Å². The maximum atomic E-state index is 12.8. The highest BCUT2D eigenvalue weighted by Crippen LogP contribution is 2.38. The van der Waals surface area contributed by atoms with Crippen LogP contribution < -0.4 is 0 Å². The zero-order chi connectivity index (χ0) is 18.0. The molecule has 3 rings (SSSR count). The summed E-state index contributed by atoms with van der Waals surface area (Å²) in [5, 5.41) is 10.9. The van der Waals surface area contributed by atoms with Gasteiger partial charge < -0.3 is 0 Å². The Morgan fingerprint density at radius 3 is 2.60 bits per heavy atom. The fourth-order valence-electron chi connectivity index (χ4n) is 2.57. The summed E-state index contributed by atoms with van der Waals surface area (Å²) in [6.45, 7) is 1.93. The van der Waals surface area contributed by atoms with Crippen LogP contribution in [-0.2, 0) is 4.79 Å². The van der Waals surface area contributed by atoms with E-state index < -0.39 is 4.92 Å². The predicted molar refractivity (Wildman–Crippen MR) is 103 cm³/mol. The molecule has 0 N–H and O–H groups in total. The molecular formula is C18H14N2O3S2. The van der Waals surface area contributed by atoms with Crippen molar-refractivity contribution in [1.29, 1.82) is 0 Å². The van der Waals surface area contributed by atoms with Crippen molar-refractivity contribution in [2.24, 2.45) is 0 Å². The monoisotopic (exact) mass is 370 g/mol. The third-order valence-electron chi connectivity index (χ3n) is 3.87. The van der Waals surface area contributed by atoms with Gasteiger partial charge in [0, 0.05) is 12.1 Å². The SMILES string of the molecule is CC(c1ccccc1)N1C(=O)/C(=C/c2cccc([N+](=O)[O-])c2)SC1=S. The standard InChI is InChI=1S/C18H14N2O3S2/c1-12(14-7-3-2-4-8-14)19-17(21)16(25-18(19)24)11-13-6-5-9-15(10-13)20(22)23/h2-12H,1H3/b16-11-. The van der Waals surface area contributed by atoms with Crippen LogP contribution in [0.3, 0.4) is 0 Å². The van der Waals surface area contributed by atoms with Crippen LogP contribution in [0.1, 0.15) is 24.1 Å². The number of nitrogens with zero attached hydrogens (tertiary/aromatic N) is 2. The second kappa shape index (κ2) is 7.16. The minimum Gasteiger partial charge on any atom is -0.286 e. The van der Waals surface area contributed by atoms with E-state index in [2.05, 4.69) is 0 Å². The minimum atomic E-state index is -0.458. The van der Waals surface area contributed by atoms with Crippen LogP contribution >= 0.6 is 24.0 Å². The molecule has 0 bridgehead atoms. The molecule has 1 saturated heterocycles. The fraction of sp³-hybridized carbons (Fsp3) is 0.111. The number of carbonyl (C=O) groups excluding carboxylic acids is 1. The molecule has 1 aliphatic heterocycles. The molecule has 1 fully saturated rings. The van der Waals surface area contributed by atoms with Crippen LogP contribution in [0.25, 0.3) is 6.08 Å². The lowest BCUT2D eigenvalue weighted by atomic mass is 10.1. The summed E-state index contributed by atoms with van der Waals surface area (Å²) in [6.07, 6.45) is 1.64. The fourth-order valence-corrected chi connectivity index (χ4v) is 3.99. The summed E-state index contributed by atoms with van der Waals surface area (Å²) >= 11 is 6.59. The average Bonchev–Trinajstić information content (AvgIpc) is 2.89. The lowest BCUT2D eigenvalue weighted by Gasteiger charge is -2.23. The second-order valence-corrected chi connectivity index (χ2v) is 7.17. The highest BCUT2D eigenvalue weighted by Gasteiger charge is 2.35. The number of amides is 1. The van der Waals surface area contributed by atoms with E-state index in [1.54, 1.807) is 23.1 Å². The molecule has 126 valence electrons. The summed E-state index contributed by atoms with van der Waals surface area (Å²) in [6, 6.07) is 15.7. The van der Waals surface area contributed by atoms with Gasteiger partial charge in [0.15, 0.2) is 0 Å². The molecule has 1 atom stereocenters. The van der Waals surface area contributed by atoms with Crippen molar-refractivity contribution < 1.29 is 9.72 Å². The summed E-state index contributed by atoms with van der Waals surface area (Å²) < 4.78 is 0.484. The van der Waals surface area contributed by atoms with E-state index >= 15 is 0 Å². The van der Waals surface area contributed by atoms with Crippen molar-refractivity contribution in [2.75, 3.05) is 0 Å². The van der Waals surface area contributed by atoms with Gasteiger partial charge in [-0.2, -0.15) is 0 Å². The highest BCUT2D eigenvalue weighted by molar-refractivity contribution is 8.26. The van der Waals surface area contributed by atoms with Crippen molar-refractivity contribution >= 4 is 46.0 Å². The van der Waals surface area contributed by atoms with E-state index in [-0.39, 0.29) is 17.6 Å². The van der Waals surface area contributed by atoms with E-state index in [4.69, 9.17) is 12.2 Å². The maximum absolute atomic E-state index is 12.8. The van der Waals surface area contributed by atoms with Crippen LogP contribution in [0.2, 0.25) is 0 Å². The minimum absolute atomic E-state index is 0.0121. The number of hydrogen-bond donors (Lipinski definition) is 0. The second-order valence-electron chi connectivity index (χ2n) is 5.49. The number of rotatable bonds is 4. The number of thioether (sulfide) groups is 1. The summed E-state index contributed by atoms with van der Waals surface area (Å²) in [5.41, 5.74) is 1.58. The van der Waals surface area contributed by atoms with Gasteiger partial charge in [0.1, 0.15) is 4.32 Å². The smallest absolute Gasteiger partial charge is 0.270 e. The quantitative estimate of drug-likeness (QED) is 0.342. The van der Waals surface area contributed by atoms with Gasteiger partial charge in [0.05, 0.1) is 15.9 Å². The van der Waals surface area contributed by atoms with Gasteiger partial charge in [0.2, 0.25) is 0 Å². The molecular weight excluding hydrogens is 356 g/mol. The van der Waals surface area contributed by atoms with Gasteiger partial charge in [-0.05, 0) is 24.1 Å². The highest BCUT2D eigenvalue weighted by atomic mass is 32.2. The number of hydrogen-bond acceptors (Lipinski definition) is 5. The molecule has 1 unspecified atom stereocenters. The van der Waals surface area contributed by atoms with Gasteiger partial charge in [-0.3, -0.25) is 19.8 Å². The molecule has 0 spiro atoms. The molecule has 1 heterocycles. The third kappa shape index (κ3) is 3.62. The summed E-state index contributed by atoms with van der Waals surface area (Å²) in [4.78, 5) is 25.2. The van der Waals surface area contributed by atoms with Crippen LogP contribution in [0.5, 0.6) is 0 Å². The molecule has 1 aliphatic rings. The van der Waals surface area contributed by atoms with Crippen molar-refractivity contribution in [2.45, 2.75) is 13.0 Å². The molecule has 2 aromatic carbocycles. The molecule has 1 amide bonds. The van der Waals surface area contributed by atoms with Crippen LogP contribution in [-0.4, -0.2) is 20.1 Å². The Morgan fingerprint density at radius 2 is 1.92 bits per heavy atom. The first-order chi connectivity index (χ1) is 12.0. The van der Waals surface area contributed by atoms with Crippen LogP contribution in [0.15, 0.2) is 59.5 Å². The van der Waals surface area contributed by atoms with Crippen molar-refractivity contribution in [3.8, 4) is 0 Å². The first-order valence-electron chi connectivity index (χ1n) is 7.54. The van der Waals surface area contributed by atoms with Gasteiger partial charge in [-0.15, -0.1) is 0 Å². The molecule has 5 nitrogen and oxygen atoms in total. The van der Waals surface area contributed by atoms with E-state index in [1.807, 2.05) is 37.3 Å². The maximum Gasteiger partial charge on any atom is 0.270 e. The number of carbonyl (C=O) groups is 1. The zero-order valence-corrected chi connectivity index (χ0v) is 14.9. The van der Waals surface area contributed by atoms with E-state index in [9.17, 15) is 14.9 Å². The molecule has 7 heteroatoms. The average molecular weight is 370 g/mol. The first kappa shape index (κ1) is 17.3. The number of nitro benzene ring substituents is 1. The lowest BCUT2D eigenvalue weighted by Crippen LogP contribution is -2.30. The molecule has 2 aromatic rings. The summed E-state index contributed by atoms with van der Waals surface area (Å²) in [5.74, 6) is -0.183. The summed E-state index contributed by atoms with van der Waals surface area (Å²) in [7, 11) is 0. The van der Waals surface area contributed by atoms with Crippen LogP contribution in [0, 0.1) is 10.1 Å². The number of benzene rings is 2. The van der Waals surface area contributed by atoms with Gasteiger partial charge in [-0.1, -0.05) is 66.4 Å². The Balaban J connectivity index is 1.88. The van der Waals surface area contributed by atoms with E-state index in [0.717, 1.165) is 5.56 Å². The molecule has 25 heavy (non-hydrogen) atoms. The number of nitro groups is 1. The first-order valence-corrected chi connectivity index (χ1v) is 8.76. The Bertz CT molecular complexity index is 881. The predicted octanol–water partition coefficient (Wildman–Crippen LogP) is 4.56. The van der Waals surface area contributed by atoms with E-state index in [1.165, 1.54) is 23.9 Å². The van der Waals surface area contributed by atoms with Gasteiger partial charge in [-0.25, -0.2) is 0 Å². The normalized spacial score (nSPS) is 17.2. The number of thiocarbonyl (C=S) groups is 1. The van der Waals surface area contributed by atoms with Crippen molar-refractivity contribution in [3.05, 3.63) is 80.7 Å². The van der Waals surface area contributed by atoms with Gasteiger partial charge >= 0.3 is 0 Å². The lowest BCUT2D eigenvalue weighted by molar-refractivity contribution is -0.384. The Hall–Kier alpha value is -2.51. The zero-order valence-electron chi connectivity index (χ0n) is 13.3. The van der Waals surface area contributed by atoms with Crippen LogP contribution in [0.4, 0.5) is 5.69 Å². The topological polar surface area (TPSA) is 63.5 Å². The van der Waals surface area contributed by atoms with Crippen molar-refractivity contribution in [3.63, 3.8) is 0 Å². The third-order valence-corrected chi connectivity index (χ3v) is 5.20. The largest absolute Gasteiger partial charge is 0.286 e. The molecule has 0 aromatic heterocycles. The molecule has 0 aliphatic carbocycles. The van der Waals surface area contributed by atoms with E-state index in [0.29, 0.717) is 14.8 Å². The van der Waals surface area contributed by atoms with Crippen molar-refractivity contribution in [1.82, 2.24) is 4.90 Å². The Kier molecular flexibility index (Phi) is 4.96.